The molecule has 9 heteroatoms. The van der Waals surface area contributed by atoms with Crippen LogP contribution in [0.15, 0.2) is 58.4 Å². The van der Waals surface area contributed by atoms with Crippen molar-refractivity contribution < 1.29 is 14.6 Å². The van der Waals surface area contributed by atoms with Crippen molar-refractivity contribution in [2.45, 2.75) is 19.4 Å². The van der Waals surface area contributed by atoms with Gasteiger partial charge in [-0.25, -0.2) is 4.98 Å². The maximum atomic E-state index is 12.3. The number of hydrogen-bond donors (Lipinski definition) is 4. The number of imidazole rings is 1. The Morgan fingerprint density at radius 1 is 1.16 bits per heavy atom. The summed E-state index contributed by atoms with van der Waals surface area (Å²) in [6.07, 6.45) is 1.47. The lowest BCUT2D eigenvalue weighted by molar-refractivity contribution is -0.143. The van der Waals surface area contributed by atoms with E-state index in [-0.39, 0.29) is 30.2 Å². The number of benzene rings is 2. The number of phenolic OH excluding ortho intramolecular Hbond substituents is 1. The molecule has 0 bridgehead atoms. The Morgan fingerprint density at radius 3 is 2.74 bits per heavy atom. The molecule has 1 heterocycles. The Kier molecular flexibility index (Phi) is 5.40. The van der Waals surface area contributed by atoms with Crippen LogP contribution in [0, 0.1) is 0 Å². The molecule has 9 nitrogen and oxygen atoms in total. The van der Waals surface area contributed by atoms with Crippen LogP contribution in [0.1, 0.15) is 24.9 Å². The van der Waals surface area contributed by atoms with E-state index in [1.54, 1.807) is 43.6 Å². The van der Waals surface area contributed by atoms with Gasteiger partial charge in [0.2, 0.25) is 0 Å². The number of phenols is 1. The van der Waals surface area contributed by atoms with Crippen LogP contribution in [0.4, 0.5) is 17.1 Å². The van der Waals surface area contributed by atoms with E-state index < -0.39 is 22.9 Å². The van der Waals surface area contributed by atoms with Gasteiger partial charge in [0.15, 0.2) is 0 Å². The molecule has 4 aromatic rings. The number of aromatic hydroxyl groups is 1. The van der Waals surface area contributed by atoms with Crippen LogP contribution in [0.2, 0.25) is 0 Å². The molecule has 0 aliphatic heterocycles. The van der Waals surface area contributed by atoms with E-state index in [4.69, 9.17) is 4.74 Å². The monoisotopic (exact) mass is 420 g/mol. The van der Waals surface area contributed by atoms with Crippen LogP contribution < -0.4 is 21.5 Å². The number of rotatable bonds is 8. The minimum Gasteiger partial charge on any atom is -0.508 e. The largest absolute Gasteiger partial charge is 0.508 e. The summed E-state index contributed by atoms with van der Waals surface area (Å²) < 4.78 is 5.03. The zero-order valence-corrected chi connectivity index (χ0v) is 16.6. The van der Waals surface area contributed by atoms with Crippen molar-refractivity contribution in [2.24, 2.45) is 0 Å². The van der Waals surface area contributed by atoms with Crippen molar-refractivity contribution in [3.8, 4) is 5.75 Å². The predicted octanol–water partition coefficient (Wildman–Crippen LogP) is 2.71. The predicted molar refractivity (Wildman–Crippen MR) is 116 cm³/mol. The number of fused-ring (bicyclic) bond motifs is 1. The number of esters is 1. The van der Waals surface area contributed by atoms with Crippen LogP contribution in [0.3, 0.4) is 0 Å². The van der Waals surface area contributed by atoms with Crippen LogP contribution >= 0.6 is 0 Å². The number of anilines is 3. The second kappa shape index (κ2) is 8.31. The van der Waals surface area contributed by atoms with E-state index in [9.17, 15) is 19.5 Å². The molecule has 158 valence electrons. The van der Waals surface area contributed by atoms with Crippen molar-refractivity contribution in [1.29, 1.82) is 0 Å². The number of ether oxygens (including phenoxy) is 1. The first-order valence-corrected chi connectivity index (χ1v) is 9.70. The minimum absolute atomic E-state index is 0.0174. The van der Waals surface area contributed by atoms with Crippen LogP contribution in [-0.2, 0) is 9.53 Å². The zero-order valence-electron chi connectivity index (χ0n) is 16.6. The lowest BCUT2D eigenvalue weighted by Gasteiger charge is -2.22. The Hall–Kier alpha value is -4.14. The molecule has 1 atom stereocenters. The zero-order chi connectivity index (χ0) is 22.0. The standard InChI is InChI=1S/C22H20N4O5/c1-2-31-18(28)10-16(12-4-3-5-14(27)8-12)26-20-19(21(29)22(20)30)25-13-6-7-15-17(9-13)24-11-23-15/h3-9,11,16,25-27H,2,10H2,1H3,(H,23,24). The average Bonchev–Trinajstić information content (AvgIpc) is 3.23. The van der Waals surface area contributed by atoms with Crippen molar-refractivity contribution in [3.63, 3.8) is 0 Å². The number of hydrogen-bond acceptors (Lipinski definition) is 8. The summed E-state index contributed by atoms with van der Waals surface area (Å²) in [5.41, 5.74) is 1.55. The third-order valence-electron chi connectivity index (χ3n) is 4.87. The van der Waals surface area contributed by atoms with Gasteiger partial charge in [0, 0.05) is 5.69 Å². The maximum absolute atomic E-state index is 12.3. The Balaban J connectivity index is 1.62. The average molecular weight is 420 g/mol. The number of carbonyl (C=O) groups is 1. The van der Waals surface area contributed by atoms with E-state index in [0.717, 1.165) is 5.52 Å². The minimum atomic E-state index is -0.683. The van der Waals surface area contributed by atoms with E-state index in [1.807, 2.05) is 0 Å². The van der Waals surface area contributed by atoms with E-state index in [0.29, 0.717) is 16.8 Å². The summed E-state index contributed by atoms with van der Waals surface area (Å²) in [6.45, 7) is 1.91. The van der Waals surface area contributed by atoms with Gasteiger partial charge in [0.1, 0.15) is 17.1 Å². The third-order valence-corrected chi connectivity index (χ3v) is 4.87. The Bertz CT molecular complexity index is 1320. The van der Waals surface area contributed by atoms with Gasteiger partial charge < -0.3 is 25.5 Å². The lowest BCUT2D eigenvalue weighted by atomic mass is 10.0. The van der Waals surface area contributed by atoms with Gasteiger partial charge >= 0.3 is 5.97 Å². The fraction of sp³-hybridized carbons (Fsp3) is 0.182. The van der Waals surface area contributed by atoms with Crippen molar-refractivity contribution in [1.82, 2.24) is 9.97 Å². The van der Waals surface area contributed by atoms with Crippen LogP contribution in [-0.4, -0.2) is 27.7 Å². The summed E-state index contributed by atoms with van der Waals surface area (Å²) >= 11 is 0. The van der Waals surface area contributed by atoms with Crippen molar-refractivity contribution in [2.75, 3.05) is 17.2 Å². The molecule has 0 saturated heterocycles. The first kappa shape index (κ1) is 20.1. The molecule has 0 aliphatic rings. The van der Waals surface area contributed by atoms with Gasteiger partial charge in [0.05, 0.1) is 36.4 Å². The highest BCUT2D eigenvalue weighted by Gasteiger charge is 2.26. The highest BCUT2D eigenvalue weighted by atomic mass is 16.5. The van der Waals surface area contributed by atoms with E-state index >= 15 is 0 Å². The lowest BCUT2D eigenvalue weighted by Crippen LogP contribution is -2.37. The number of H-pyrrole nitrogens is 1. The molecular formula is C22H20N4O5. The van der Waals surface area contributed by atoms with E-state index in [1.165, 1.54) is 12.1 Å². The fourth-order valence-corrected chi connectivity index (χ4v) is 3.36. The smallest absolute Gasteiger partial charge is 0.308 e. The number of nitrogens with zero attached hydrogens (tertiary/aromatic N) is 1. The van der Waals surface area contributed by atoms with Gasteiger partial charge in [-0.2, -0.15) is 0 Å². The molecule has 0 aliphatic carbocycles. The summed E-state index contributed by atoms with van der Waals surface area (Å²) in [7, 11) is 0. The summed E-state index contributed by atoms with van der Waals surface area (Å²) in [6, 6.07) is 11.0. The van der Waals surface area contributed by atoms with Gasteiger partial charge in [-0.05, 0) is 42.8 Å². The third kappa shape index (κ3) is 4.11. The maximum Gasteiger partial charge on any atom is 0.308 e. The van der Waals surface area contributed by atoms with Gasteiger partial charge in [-0.15, -0.1) is 0 Å². The molecular weight excluding hydrogens is 400 g/mol. The SMILES string of the molecule is CCOC(=O)CC(Nc1c(Nc2ccc3[nH]cnc3c2)c(=O)c1=O)c1cccc(O)c1. The Labute approximate surface area is 176 Å². The second-order valence-electron chi connectivity index (χ2n) is 6.97. The number of aromatic nitrogens is 2. The summed E-state index contributed by atoms with van der Waals surface area (Å²) in [4.78, 5) is 43.8. The molecule has 31 heavy (non-hydrogen) atoms. The molecule has 4 N–H and O–H groups in total. The van der Waals surface area contributed by atoms with Crippen molar-refractivity contribution in [3.05, 3.63) is 74.8 Å². The Morgan fingerprint density at radius 2 is 1.97 bits per heavy atom. The summed E-state index contributed by atoms with van der Waals surface area (Å²) in [5.74, 6) is -0.454. The highest BCUT2D eigenvalue weighted by Crippen LogP contribution is 2.29. The highest BCUT2D eigenvalue weighted by molar-refractivity contribution is 5.84. The molecule has 0 amide bonds. The molecule has 1 unspecified atom stereocenters. The second-order valence-corrected chi connectivity index (χ2v) is 6.97. The first-order valence-electron chi connectivity index (χ1n) is 9.70. The molecule has 0 fully saturated rings. The van der Waals surface area contributed by atoms with E-state index in [2.05, 4.69) is 20.6 Å². The quantitative estimate of drug-likeness (QED) is 0.253. The normalized spacial score (nSPS) is 12.0. The number of aromatic amines is 1. The molecule has 4 rings (SSSR count). The number of nitrogens with one attached hydrogen (secondary N) is 3. The summed E-state index contributed by atoms with van der Waals surface area (Å²) in [5, 5.41) is 15.8. The first-order chi connectivity index (χ1) is 15.0. The fourth-order valence-electron chi connectivity index (χ4n) is 3.36. The van der Waals surface area contributed by atoms with Crippen LogP contribution in [0.25, 0.3) is 11.0 Å². The molecule has 3 aromatic carbocycles. The van der Waals surface area contributed by atoms with Crippen molar-refractivity contribution >= 4 is 34.1 Å². The molecule has 0 saturated carbocycles. The molecule has 0 radical (unpaired) electrons. The topological polar surface area (TPSA) is 133 Å². The van der Waals surface area contributed by atoms with Gasteiger partial charge in [-0.3, -0.25) is 14.4 Å². The van der Waals surface area contributed by atoms with Crippen LogP contribution in [0.5, 0.6) is 5.75 Å². The molecule has 0 spiro atoms. The molecule has 1 aromatic heterocycles. The number of carbonyl (C=O) groups excluding carboxylic acids is 1. The van der Waals surface area contributed by atoms with Gasteiger partial charge in [-0.1, -0.05) is 12.1 Å². The van der Waals surface area contributed by atoms with Gasteiger partial charge in [0.25, 0.3) is 10.9 Å².